The van der Waals surface area contributed by atoms with E-state index >= 15 is 0 Å². The Kier molecular flexibility index (Phi) is 155. The quantitative estimate of drug-likeness (QED) is 0.367. The summed E-state index contributed by atoms with van der Waals surface area (Å²) in [5.74, 6) is 0. The van der Waals surface area contributed by atoms with Crippen molar-refractivity contribution >= 4 is 75.5 Å². The maximum Gasteiger partial charge on any atom is 2.00 e. The Morgan fingerprint density at radius 3 is 0.667 bits per heavy atom. The Labute approximate surface area is 137 Å². The van der Waals surface area contributed by atoms with Crippen molar-refractivity contribution in [3.05, 3.63) is 0 Å². The molecule has 8 N–H and O–H groups in total. The minimum atomic E-state index is -0.125. The molecular weight excluding hydrogens is 224 g/mol. The smallest absolute Gasteiger partial charge is 1.00 e. The minimum absolute atomic E-state index is 0. The number of aliphatic hydroxyl groups is 4. The Bertz CT molecular complexity index is 38.5. The van der Waals surface area contributed by atoms with Crippen LogP contribution >= 0.6 is 0 Å². The molecule has 0 radical (unpaired) electrons. The van der Waals surface area contributed by atoms with Gasteiger partial charge in [0.25, 0.3) is 0 Å². The molecule has 0 fully saturated rings. The fourth-order valence-electron chi connectivity index (χ4n) is 0. The average Bonchev–Trinajstić information content (AvgIpc) is 1.88. The summed E-state index contributed by atoms with van der Waals surface area (Å²) in [5.41, 5.74) is 0. The first-order chi connectivity index (χ1) is 3.83. The van der Waals surface area contributed by atoms with E-state index in [0.29, 0.717) is 0 Å². The Morgan fingerprint density at radius 2 is 0.667 bits per heavy atom. The van der Waals surface area contributed by atoms with Crippen molar-refractivity contribution in [2.75, 3.05) is 26.4 Å². The summed E-state index contributed by atoms with van der Waals surface area (Å²) in [6.45, 7) is -0.500. The van der Waals surface area contributed by atoms with Crippen LogP contribution in [0, 0.1) is 0 Å². The molecule has 0 saturated carbocycles. The molecule has 0 spiro atoms. The number of hydrogen-bond acceptors (Lipinski definition) is 4. The third kappa shape index (κ3) is 85.3. The Balaban J connectivity index is -0.00000000375. The van der Waals surface area contributed by atoms with Crippen LogP contribution < -0.4 is 0 Å². The van der Waals surface area contributed by atoms with Gasteiger partial charge in [-0.3, -0.25) is 0 Å². The fourth-order valence-corrected chi connectivity index (χ4v) is 0. The average molecular weight is 244 g/mol. The summed E-state index contributed by atoms with van der Waals surface area (Å²) in [4.78, 5) is 0. The topological polar surface area (TPSA) is 144 Å². The standard InChI is InChI=1S/2C2H6O2.2Ca.2H2O.4H/c2*3-1-2-4;;;;;;;;/h2*3-4H,1-2H2;;;2*1H2;;;;/q;;2*+2;;;4*-1. The van der Waals surface area contributed by atoms with Gasteiger partial charge in [0.1, 0.15) is 0 Å². The maximum atomic E-state index is 7.62. The molecule has 0 aliphatic rings. The zero-order chi connectivity index (χ0) is 6.83. The van der Waals surface area contributed by atoms with Crippen LogP contribution in [0.4, 0.5) is 0 Å². The van der Waals surface area contributed by atoms with Crippen molar-refractivity contribution in [2.45, 2.75) is 0 Å². The molecule has 0 rings (SSSR count). The Morgan fingerprint density at radius 1 is 0.583 bits per heavy atom. The molecule has 0 amide bonds. The van der Waals surface area contributed by atoms with Crippen LogP contribution in [-0.4, -0.2) is 133 Å². The van der Waals surface area contributed by atoms with Gasteiger partial charge in [0.2, 0.25) is 0 Å². The first kappa shape index (κ1) is 36.7. The van der Waals surface area contributed by atoms with Gasteiger partial charge in [-0.15, -0.1) is 0 Å². The van der Waals surface area contributed by atoms with E-state index in [1.165, 1.54) is 0 Å². The van der Waals surface area contributed by atoms with E-state index in [1.807, 2.05) is 0 Å². The molecule has 8 heteroatoms. The molecular formula is C4H20Ca2O6. The zero-order valence-electron chi connectivity index (χ0n) is 11.0. The zero-order valence-corrected chi connectivity index (χ0v) is 11.4. The van der Waals surface area contributed by atoms with Crippen LogP contribution in [0.2, 0.25) is 0 Å². The summed E-state index contributed by atoms with van der Waals surface area (Å²) in [6, 6.07) is 0. The molecule has 0 heterocycles. The normalized spacial score (nSPS) is 5.00. The predicted octanol–water partition coefficient (Wildman–Crippen LogP) is -4.02. The van der Waals surface area contributed by atoms with E-state index in [2.05, 4.69) is 0 Å². The fraction of sp³-hybridized carbons (Fsp3) is 1.00. The van der Waals surface area contributed by atoms with Gasteiger partial charge in [-0.25, -0.2) is 0 Å². The maximum absolute atomic E-state index is 7.62. The van der Waals surface area contributed by atoms with Gasteiger partial charge in [0.05, 0.1) is 26.4 Å². The van der Waals surface area contributed by atoms with E-state index < -0.39 is 0 Å². The molecule has 0 aromatic rings. The monoisotopic (exact) mass is 244 g/mol. The second-order valence-electron chi connectivity index (χ2n) is 0.894. The first-order valence-electron chi connectivity index (χ1n) is 2.26. The predicted molar refractivity (Wildman–Crippen MR) is 51.5 cm³/mol. The molecule has 0 aliphatic carbocycles. The van der Waals surface area contributed by atoms with Crippen molar-refractivity contribution in [3.8, 4) is 0 Å². The van der Waals surface area contributed by atoms with Crippen LogP contribution in [0.1, 0.15) is 5.71 Å². The minimum Gasteiger partial charge on any atom is -1.00 e. The van der Waals surface area contributed by atoms with Gasteiger partial charge >= 0.3 is 75.5 Å². The molecule has 76 valence electrons. The third-order valence-corrected chi connectivity index (χ3v) is 0.200. The summed E-state index contributed by atoms with van der Waals surface area (Å²) in [5, 5.41) is 30.5. The summed E-state index contributed by atoms with van der Waals surface area (Å²) < 4.78 is 0. The molecule has 0 bridgehead atoms. The largest absolute Gasteiger partial charge is 2.00 e. The van der Waals surface area contributed by atoms with Crippen LogP contribution in [0.15, 0.2) is 0 Å². The Hall–Kier alpha value is 2.28. The van der Waals surface area contributed by atoms with E-state index in [9.17, 15) is 0 Å². The molecule has 0 aliphatic heterocycles. The summed E-state index contributed by atoms with van der Waals surface area (Å²) in [7, 11) is 0. The van der Waals surface area contributed by atoms with Crippen LogP contribution in [0.25, 0.3) is 0 Å². The van der Waals surface area contributed by atoms with E-state index in [-0.39, 0.29) is 119 Å². The van der Waals surface area contributed by atoms with Crippen LogP contribution in [0.5, 0.6) is 0 Å². The van der Waals surface area contributed by atoms with E-state index in [4.69, 9.17) is 20.4 Å². The summed E-state index contributed by atoms with van der Waals surface area (Å²) >= 11 is 0. The number of aliphatic hydroxyl groups excluding tert-OH is 4. The SMILES string of the molecule is O.O.OCCO.OCCO.[Ca+2].[Ca+2].[H-].[H-].[H-].[H-]. The molecule has 0 saturated heterocycles. The molecule has 12 heavy (non-hydrogen) atoms. The second kappa shape index (κ2) is 50.8. The first-order valence-corrected chi connectivity index (χ1v) is 2.26. The van der Waals surface area contributed by atoms with Crippen molar-refractivity contribution in [1.29, 1.82) is 0 Å². The van der Waals surface area contributed by atoms with Crippen LogP contribution in [-0.2, 0) is 0 Å². The molecule has 0 unspecified atom stereocenters. The van der Waals surface area contributed by atoms with E-state index in [1.54, 1.807) is 0 Å². The van der Waals surface area contributed by atoms with Crippen molar-refractivity contribution in [3.63, 3.8) is 0 Å². The van der Waals surface area contributed by atoms with Gasteiger partial charge in [-0.05, 0) is 0 Å². The van der Waals surface area contributed by atoms with Crippen molar-refractivity contribution in [1.82, 2.24) is 0 Å². The van der Waals surface area contributed by atoms with Gasteiger partial charge in [0, 0.05) is 0 Å². The van der Waals surface area contributed by atoms with Gasteiger partial charge in [-0.2, -0.15) is 0 Å². The molecule has 6 nitrogen and oxygen atoms in total. The second-order valence-corrected chi connectivity index (χ2v) is 0.894. The van der Waals surface area contributed by atoms with Gasteiger partial charge in [-0.1, -0.05) is 0 Å². The molecule has 0 atom stereocenters. The van der Waals surface area contributed by atoms with E-state index in [0.717, 1.165) is 0 Å². The molecule has 0 aromatic carbocycles. The van der Waals surface area contributed by atoms with Crippen molar-refractivity contribution in [2.24, 2.45) is 0 Å². The van der Waals surface area contributed by atoms with Crippen molar-refractivity contribution < 1.29 is 37.1 Å². The summed E-state index contributed by atoms with van der Waals surface area (Å²) in [6.07, 6.45) is 0. The third-order valence-electron chi connectivity index (χ3n) is 0.200. The van der Waals surface area contributed by atoms with Crippen LogP contribution in [0.3, 0.4) is 0 Å². The van der Waals surface area contributed by atoms with Gasteiger partial charge < -0.3 is 37.1 Å². The molecule has 0 aromatic heterocycles. The van der Waals surface area contributed by atoms with Gasteiger partial charge in [0.15, 0.2) is 0 Å². The number of hydrogen-bond donors (Lipinski definition) is 4. The number of rotatable bonds is 2.